The van der Waals surface area contributed by atoms with Crippen LogP contribution < -0.4 is 0 Å². The smallest absolute Gasteiger partial charge is 0.178 e. The van der Waals surface area contributed by atoms with E-state index in [0.29, 0.717) is 17.7 Å². The quantitative estimate of drug-likeness (QED) is 0.772. The summed E-state index contributed by atoms with van der Waals surface area (Å²) in [6, 6.07) is 6.80. The fourth-order valence-electron chi connectivity index (χ4n) is 2.43. The Balaban J connectivity index is 3.09. The fraction of sp³-hybridized carbons (Fsp3) is 0.562. The lowest BCUT2D eigenvalue weighted by molar-refractivity contribution is -0.121. The summed E-state index contributed by atoms with van der Waals surface area (Å²) in [5, 5.41) is 0. The molecule has 0 aliphatic heterocycles. The first kappa shape index (κ1) is 16.9. The number of hydrogen-bond donors (Lipinski definition) is 0. The first-order valence-corrected chi connectivity index (χ1v) is 8.84. The highest BCUT2D eigenvalue weighted by Gasteiger charge is 2.23. The average Bonchev–Trinajstić information content (AvgIpc) is 2.38. The lowest BCUT2D eigenvalue weighted by Gasteiger charge is -2.19. The lowest BCUT2D eigenvalue weighted by atomic mass is 9.84. The maximum absolute atomic E-state index is 12.0. The number of carbonyl (C=O) groups is 1. The van der Waals surface area contributed by atoms with Crippen molar-refractivity contribution in [2.24, 2.45) is 5.92 Å². The Morgan fingerprint density at radius 3 is 2.05 bits per heavy atom. The van der Waals surface area contributed by atoms with E-state index < -0.39 is 9.84 Å². The van der Waals surface area contributed by atoms with E-state index in [0.717, 1.165) is 5.56 Å². The summed E-state index contributed by atoms with van der Waals surface area (Å²) in [7, 11) is -3.18. The van der Waals surface area contributed by atoms with Crippen LogP contribution in [0.4, 0.5) is 0 Å². The Labute approximate surface area is 122 Å². The van der Waals surface area contributed by atoms with E-state index in [1.165, 1.54) is 0 Å². The van der Waals surface area contributed by atoms with Crippen molar-refractivity contribution in [3.8, 4) is 0 Å². The van der Waals surface area contributed by atoms with Gasteiger partial charge in [0.15, 0.2) is 9.84 Å². The van der Waals surface area contributed by atoms with Gasteiger partial charge in [-0.1, -0.05) is 39.8 Å². The van der Waals surface area contributed by atoms with Crippen LogP contribution in [-0.2, 0) is 14.6 Å². The fourth-order valence-corrected chi connectivity index (χ4v) is 3.76. The number of hydrogen-bond acceptors (Lipinski definition) is 3. The third-order valence-corrected chi connectivity index (χ3v) is 5.37. The summed E-state index contributed by atoms with van der Waals surface area (Å²) >= 11 is 0. The molecule has 0 aromatic heterocycles. The molecule has 0 saturated heterocycles. The summed E-state index contributed by atoms with van der Waals surface area (Å²) in [4.78, 5) is 12.4. The molecule has 1 aromatic carbocycles. The Bertz CT molecular complexity index is 542. The third kappa shape index (κ3) is 3.92. The molecule has 0 spiro atoms. The summed E-state index contributed by atoms with van der Waals surface area (Å²) < 4.78 is 23.9. The third-order valence-electron chi connectivity index (χ3n) is 3.43. The van der Waals surface area contributed by atoms with Crippen LogP contribution in [0.1, 0.15) is 52.0 Å². The van der Waals surface area contributed by atoms with Crippen molar-refractivity contribution in [2.45, 2.75) is 51.3 Å². The highest BCUT2D eigenvalue weighted by atomic mass is 32.2. The molecule has 0 bridgehead atoms. The highest BCUT2D eigenvalue weighted by Crippen LogP contribution is 2.27. The van der Waals surface area contributed by atoms with E-state index in [2.05, 4.69) is 0 Å². The van der Waals surface area contributed by atoms with Gasteiger partial charge in [0.2, 0.25) is 0 Å². The number of Topliss-reactive ketones (excluding diaryl/α,β-unsaturated/α-hetero) is 1. The van der Waals surface area contributed by atoms with Crippen molar-refractivity contribution in [2.75, 3.05) is 5.75 Å². The summed E-state index contributed by atoms with van der Waals surface area (Å²) in [5.41, 5.74) is 0.905. The van der Waals surface area contributed by atoms with Crippen LogP contribution in [0.25, 0.3) is 0 Å². The minimum atomic E-state index is -3.18. The molecule has 0 aliphatic rings. The highest BCUT2D eigenvalue weighted by molar-refractivity contribution is 7.91. The number of carbonyl (C=O) groups excluding carboxylic acids is 1. The molecule has 20 heavy (non-hydrogen) atoms. The molecular weight excluding hydrogens is 272 g/mol. The minimum Gasteiger partial charge on any atom is -0.299 e. The Morgan fingerprint density at radius 1 is 1.10 bits per heavy atom. The zero-order chi connectivity index (χ0) is 15.3. The lowest BCUT2D eigenvalue weighted by Crippen LogP contribution is -2.17. The van der Waals surface area contributed by atoms with Gasteiger partial charge in [0.05, 0.1) is 10.6 Å². The normalized spacial score (nSPS) is 13.4. The average molecular weight is 296 g/mol. The first-order valence-electron chi connectivity index (χ1n) is 7.18. The molecule has 4 heteroatoms. The second-order valence-electron chi connectivity index (χ2n) is 5.43. The largest absolute Gasteiger partial charge is 0.299 e. The molecule has 0 aliphatic carbocycles. The van der Waals surface area contributed by atoms with Gasteiger partial charge in [-0.3, -0.25) is 4.79 Å². The van der Waals surface area contributed by atoms with E-state index in [-0.39, 0.29) is 23.4 Å². The zero-order valence-corrected chi connectivity index (χ0v) is 13.5. The van der Waals surface area contributed by atoms with E-state index in [4.69, 9.17) is 0 Å². The molecule has 0 heterocycles. The van der Waals surface area contributed by atoms with Gasteiger partial charge in [0.25, 0.3) is 0 Å². The molecule has 0 saturated carbocycles. The van der Waals surface area contributed by atoms with Crippen LogP contribution >= 0.6 is 0 Å². The molecule has 0 radical (unpaired) electrons. The predicted molar refractivity (Wildman–Crippen MR) is 81.7 cm³/mol. The molecule has 3 nitrogen and oxygen atoms in total. The Kier molecular flexibility index (Phi) is 5.93. The standard InChI is InChI=1S/C16H24O3S/c1-5-11-20(18,19)14-9-7-13(8-10-14)16(12(3)4)15(17)6-2/h7-10,12,16H,5-6,11H2,1-4H3. The van der Waals surface area contributed by atoms with Crippen LogP contribution in [0.5, 0.6) is 0 Å². The number of benzene rings is 1. The van der Waals surface area contributed by atoms with Gasteiger partial charge in [-0.2, -0.15) is 0 Å². The van der Waals surface area contributed by atoms with Gasteiger partial charge in [0, 0.05) is 12.3 Å². The van der Waals surface area contributed by atoms with Gasteiger partial charge in [-0.15, -0.1) is 0 Å². The molecule has 1 rings (SSSR count). The number of ketones is 1. The van der Waals surface area contributed by atoms with E-state index in [1.807, 2.05) is 27.7 Å². The summed E-state index contributed by atoms with van der Waals surface area (Å²) in [6.07, 6.45) is 1.10. The minimum absolute atomic E-state index is 0.150. The topological polar surface area (TPSA) is 51.2 Å². The van der Waals surface area contributed by atoms with E-state index in [9.17, 15) is 13.2 Å². The first-order chi connectivity index (χ1) is 9.33. The predicted octanol–water partition coefficient (Wildman–Crippen LogP) is 3.59. The second kappa shape index (κ2) is 7.02. The number of rotatable bonds is 7. The monoisotopic (exact) mass is 296 g/mol. The Hall–Kier alpha value is -1.16. The van der Waals surface area contributed by atoms with Gasteiger partial charge < -0.3 is 0 Å². The van der Waals surface area contributed by atoms with Crippen molar-refractivity contribution < 1.29 is 13.2 Å². The van der Waals surface area contributed by atoms with Crippen LogP contribution in [0.3, 0.4) is 0 Å². The molecule has 112 valence electrons. The van der Waals surface area contributed by atoms with Crippen LogP contribution in [0.2, 0.25) is 0 Å². The Morgan fingerprint density at radius 2 is 1.65 bits per heavy atom. The molecule has 0 N–H and O–H groups in total. The van der Waals surface area contributed by atoms with Gasteiger partial charge in [-0.05, 0) is 30.0 Å². The number of sulfone groups is 1. The van der Waals surface area contributed by atoms with Crippen LogP contribution in [0, 0.1) is 5.92 Å². The maximum atomic E-state index is 12.0. The maximum Gasteiger partial charge on any atom is 0.178 e. The summed E-state index contributed by atoms with van der Waals surface area (Å²) in [6.45, 7) is 7.73. The van der Waals surface area contributed by atoms with Crippen molar-refractivity contribution in [3.05, 3.63) is 29.8 Å². The molecule has 1 aromatic rings. The molecular formula is C16H24O3S. The molecule has 1 atom stereocenters. The zero-order valence-electron chi connectivity index (χ0n) is 12.7. The van der Waals surface area contributed by atoms with E-state index in [1.54, 1.807) is 24.3 Å². The van der Waals surface area contributed by atoms with Gasteiger partial charge >= 0.3 is 0 Å². The van der Waals surface area contributed by atoms with Gasteiger partial charge in [0.1, 0.15) is 5.78 Å². The van der Waals surface area contributed by atoms with Crippen molar-refractivity contribution in [3.63, 3.8) is 0 Å². The SMILES string of the molecule is CCCS(=O)(=O)c1ccc(C(C(=O)CC)C(C)C)cc1. The molecule has 0 amide bonds. The van der Waals surface area contributed by atoms with Crippen molar-refractivity contribution >= 4 is 15.6 Å². The molecule has 1 unspecified atom stereocenters. The van der Waals surface area contributed by atoms with Crippen LogP contribution in [-0.4, -0.2) is 20.0 Å². The van der Waals surface area contributed by atoms with Crippen LogP contribution in [0.15, 0.2) is 29.2 Å². The molecule has 0 fully saturated rings. The summed E-state index contributed by atoms with van der Waals surface area (Å²) in [5.74, 6) is 0.418. The second-order valence-corrected chi connectivity index (χ2v) is 7.54. The van der Waals surface area contributed by atoms with Crippen molar-refractivity contribution in [1.82, 2.24) is 0 Å². The van der Waals surface area contributed by atoms with Crippen molar-refractivity contribution in [1.29, 1.82) is 0 Å². The van der Waals surface area contributed by atoms with E-state index >= 15 is 0 Å². The van der Waals surface area contributed by atoms with Gasteiger partial charge in [-0.25, -0.2) is 8.42 Å².